The number of carboxylic acids is 1. The first-order chi connectivity index (χ1) is 16.2. The van der Waals surface area contributed by atoms with E-state index in [9.17, 15) is 39.6 Å². The molecule has 1 unspecified atom stereocenters. The summed E-state index contributed by atoms with van der Waals surface area (Å²) in [5.74, 6) is -6.43. The molecule has 2 aromatic carbocycles. The fraction of sp³-hybridized carbons (Fsp3) is 0.435. The third-order valence-corrected chi connectivity index (χ3v) is 6.80. The number of carboxylic acid groups (broad SMARTS) is 1. The average Bonchev–Trinajstić information content (AvgIpc) is 2.75. The molecule has 2 rings (SSSR count). The molecule has 0 fully saturated rings. The fourth-order valence-corrected chi connectivity index (χ4v) is 4.62. The van der Waals surface area contributed by atoms with Gasteiger partial charge in [-0.25, -0.2) is 17.5 Å². The summed E-state index contributed by atoms with van der Waals surface area (Å²) in [6.45, 7) is 0. The van der Waals surface area contributed by atoms with E-state index >= 15 is 0 Å². The molecule has 5 nitrogen and oxygen atoms in total. The van der Waals surface area contributed by atoms with Gasteiger partial charge in [0.15, 0.2) is 0 Å². The number of nitrogens with one attached hydrogen (secondary N) is 1. The number of rotatable bonds is 13. The van der Waals surface area contributed by atoms with E-state index in [-0.39, 0.29) is 24.2 Å². The first-order valence-electron chi connectivity index (χ1n) is 10.7. The molecule has 0 aromatic heterocycles. The summed E-state index contributed by atoms with van der Waals surface area (Å²) in [4.78, 5) is 10.4. The Labute approximate surface area is 199 Å². The summed E-state index contributed by atoms with van der Waals surface area (Å²) in [6.07, 6.45) is -6.92. The summed E-state index contributed by atoms with van der Waals surface area (Å²) in [5, 5.41) is 8.73. The van der Waals surface area contributed by atoms with Gasteiger partial charge in [-0.1, -0.05) is 30.7 Å². The van der Waals surface area contributed by atoms with Crippen LogP contribution in [-0.4, -0.2) is 31.6 Å². The fourth-order valence-electron chi connectivity index (χ4n) is 3.36. The van der Waals surface area contributed by atoms with Gasteiger partial charge < -0.3 is 5.11 Å². The SMILES string of the molecule is O=C(O)CCCc1ccc(C(CCCCC(F)(F)C(F)(F)F)NS(=O)(=O)c2ccc(F)cc2)cc1. The maximum absolute atomic E-state index is 13.2. The zero-order chi connectivity index (χ0) is 26.3. The molecule has 0 aliphatic carbocycles. The van der Waals surface area contributed by atoms with Crippen molar-refractivity contribution in [2.45, 2.75) is 68.0 Å². The van der Waals surface area contributed by atoms with Crippen LogP contribution in [0.15, 0.2) is 53.4 Å². The summed E-state index contributed by atoms with van der Waals surface area (Å²) >= 11 is 0. The quantitative estimate of drug-likeness (QED) is 0.248. The molecule has 2 N–H and O–H groups in total. The molecule has 12 heteroatoms. The van der Waals surface area contributed by atoms with E-state index in [4.69, 9.17) is 5.11 Å². The lowest BCUT2D eigenvalue weighted by atomic mass is 9.98. The van der Waals surface area contributed by atoms with Crippen LogP contribution in [0.5, 0.6) is 0 Å². The molecule has 0 amide bonds. The van der Waals surface area contributed by atoms with Crippen molar-refractivity contribution in [3.8, 4) is 0 Å². The smallest absolute Gasteiger partial charge is 0.453 e. The van der Waals surface area contributed by atoms with Crippen molar-refractivity contribution < 1.29 is 44.7 Å². The minimum Gasteiger partial charge on any atom is -0.481 e. The Balaban J connectivity index is 2.15. The largest absolute Gasteiger partial charge is 0.481 e. The van der Waals surface area contributed by atoms with Crippen LogP contribution in [0.25, 0.3) is 0 Å². The summed E-state index contributed by atoms with van der Waals surface area (Å²) in [6, 6.07) is 9.54. The Bertz CT molecular complexity index is 1070. The van der Waals surface area contributed by atoms with Crippen molar-refractivity contribution in [3.63, 3.8) is 0 Å². The normalized spacial score (nSPS) is 13.5. The Hall–Kier alpha value is -2.60. The van der Waals surface area contributed by atoms with E-state index in [1.165, 1.54) is 0 Å². The maximum Gasteiger partial charge on any atom is 0.453 e. The topological polar surface area (TPSA) is 83.5 Å². The van der Waals surface area contributed by atoms with Gasteiger partial charge >= 0.3 is 18.1 Å². The lowest BCUT2D eigenvalue weighted by molar-refractivity contribution is -0.284. The number of benzene rings is 2. The third-order valence-electron chi connectivity index (χ3n) is 5.31. The van der Waals surface area contributed by atoms with E-state index in [2.05, 4.69) is 4.72 Å². The van der Waals surface area contributed by atoms with Gasteiger partial charge in [0, 0.05) is 18.9 Å². The summed E-state index contributed by atoms with van der Waals surface area (Å²) in [7, 11) is -4.16. The van der Waals surface area contributed by atoms with Crippen LogP contribution >= 0.6 is 0 Å². The molecular weight excluding hydrogens is 500 g/mol. The minimum absolute atomic E-state index is 0.0234. The summed E-state index contributed by atoms with van der Waals surface area (Å²) in [5.41, 5.74) is 1.24. The number of alkyl halides is 5. The Morgan fingerprint density at radius 1 is 0.914 bits per heavy atom. The Morgan fingerprint density at radius 3 is 2.06 bits per heavy atom. The van der Waals surface area contributed by atoms with Crippen LogP contribution in [0.1, 0.15) is 55.7 Å². The zero-order valence-electron chi connectivity index (χ0n) is 18.5. The number of hydrogen-bond donors (Lipinski definition) is 2. The molecule has 194 valence electrons. The number of carbonyl (C=O) groups is 1. The molecule has 0 heterocycles. The first-order valence-corrected chi connectivity index (χ1v) is 12.2. The molecule has 0 saturated heterocycles. The van der Waals surface area contributed by atoms with E-state index in [0.717, 1.165) is 29.8 Å². The number of unbranched alkanes of at least 4 members (excludes halogenated alkanes) is 1. The molecule has 0 spiro atoms. The van der Waals surface area contributed by atoms with Gasteiger partial charge in [-0.15, -0.1) is 0 Å². The lowest BCUT2D eigenvalue weighted by Gasteiger charge is -2.22. The molecular formula is C23H25F6NO4S. The van der Waals surface area contributed by atoms with E-state index < -0.39 is 52.8 Å². The highest BCUT2D eigenvalue weighted by atomic mass is 32.2. The predicted molar refractivity (Wildman–Crippen MR) is 116 cm³/mol. The molecule has 0 bridgehead atoms. The van der Waals surface area contributed by atoms with Crippen molar-refractivity contribution >= 4 is 16.0 Å². The first kappa shape index (κ1) is 28.6. The van der Waals surface area contributed by atoms with Crippen molar-refractivity contribution in [2.75, 3.05) is 0 Å². The molecule has 2 aromatic rings. The Kier molecular flexibility index (Phi) is 9.73. The van der Waals surface area contributed by atoms with E-state index in [1.807, 2.05) is 0 Å². The van der Waals surface area contributed by atoms with Crippen molar-refractivity contribution in [3.05, 3.63) is 65.5 Å². The van der Waals surface area contributed by atoms with Crippen LogP contribution in [0, 0.1) is 5.82 Å². The van der Waals surface area contributed by atoms with Crippen LogP contribution < -0.4 is 4.72 Å². The molecule has 0 radical (unpaired) electrons. The predicted octanol–water partition coefficient (Wildman–Crippen LogP) is 6.01. The van der Waals surface area contributed by atoms with Crippen LogP contribution in [0.2, 0.25) is 0 Å². The van der Waals surface area contributed by atoms with Gasteiger partial charge in [-0.05, 0) is 61.1 Å². The van der Waals surface area contributed by atoms with Crippen LogP contribution in [0.3, 0.4) is 0 Å². The molecule has 0 aliphatic heterocycles. The second-order valence-corrected chi connectivity index (χ2v) is 9.78. The van der Waals surface area contributed by atoms with Gasteiger partial charge in [0.2, 0.25) is 10.0 Å². The molecule has 1 atom stereocenters. The van der Waals surface area contributed by atoms with Crippen molar-refractivity contribution in [1.82, 2.24) is 4.72 Å². The number of halogens is 6. The standard InChI is InChI=1S/C23H25F6NO4S/c24-18-11-13-19(14-12-18)35(33,34)30-20(5-1-2-15-22(25,26)23(27,28)29)17-9-7-16(8-10-17)4-3-6-21(31)32/h7-14,20,30H,1-6,15H2,(H,31,32). The molecule has 0 aliphatic rings. The zero-order valence-corrected chi connectivity index (χ0v) is 19.3. The highest BCUT2D eigenvalue weighted by molar-refractivity contribution is 7.89. The summed E-state index contributed by atoms with van der Waals surface area (Å²) < 4.78 is 105. The second-order valence-electron chi connectivity index (χ2n) is 8.06. The highest BCUT2D eigenvalue weighted by Crippen LogP contribution is 2.39. The van der Waals surface area contributed by atoms with Gasteiger partial charge in [0.25, 0.3) is 0 Å². The number of hydrogen-bond acceptors (Lipinski definition) is 3. The van der Waals surface area contributed by atoms with Gasteiger partial charge in [-0.3, -0.25) is 4.79 Å². The highest BCUT2D eigenvalue weighted by Gasteiger charge is 2.56. The minimum atomic E-state index is -5.66. The number of aliphatic carboxylic acids is 1. The van der Waals surface area contributed by atoms with Crippen molar-refractivity contribution in [2.24, 2.45) is 0 Å². The third kappa shape index (κ3) is 8.84. The average molecular weight is 526 g/mol. The van der Waals surface area contributed by atoms with Crippen LogP contribution in [0.4, 0.5) is 26.3 Å². The van der Waals surface area contributed by atoms with Crippen molar-refractivity contribution in [1.29, 1.82) is 0 Å². The number of aryl methyl sites for hydroxylation is 1. The number of sulfonamides is 1. The van der Waals surface area contributed by atoms with E-state index in [1.54, 1.807) is 24.3 Å². The van der Waals surface area contributed by atoms with Gasteiger partial charge in [0.1, 0.15) is 5.82 Å². The second kappa shape index (κ2) is 11.9. The molecule has 35 heavy (non-hydrogen) atoms. The molecule has 0 saturated carbocycles. The van der Waals surface area contributed by atoms with Gasteiger partial charge in [-0.2, -0.15) is 22.0 Å². The maximum atomic E-state index is 13.2. The Morgan fingerprint density at radius 2 is 1.51 bits per heavy atom. The van der Waals surface area contributed by atoms with Crippen LogP contribution in [-0.2, 0) is 21.2 Å². The van der Waals surface area contributed by atoms with Gasteiger partial charge in [0.05, 0.1) is 4.90 Å². The van der Waals surface area contributed by atoms with E-state index in [0.29, 0.717) is 18.4 Å². The monoisotopic (exact) mass is 525 g/mol. The lowest BCUT2D eigenvalue weighted by Crippen LogP contribution is -2.36.